The second kappa shape index (κ2) is 8.63. The summed E-state index contributed by atoms with van der Waals surface area (Å²) in [6.07, 6.45) is 2.09. The van der Waals surface area contributed by atoms with Crippen LogP contribution in [0, 0.1) is 17.7 Å². The van der Waals surface area contributed by atoms with E-state index in [1.165, 1.54) is 18.2 Å². The average molecular weight is 336 g/mol. The number of rotatable bonds is 5. The first-order valence-electron chi connectivity index (χ1n) is 8.31. The van der Waals surface area contributed by atoms with E-state index in [0.717, 1.165) is 25.9 Å². The lowest BCUT2D eigenvalue weighted by Gasteiger charge is -2.22. The maximum atomic E-state index is 13.8. The standard InChI is InChI=1S/C17H25FN4O2/c1-11(2)16(23)22-15-9-13(3-4-14(15)18)21-17(24)20-10-12-5-7-19-8-6-12/h3-4,9,11-12,19H,5-8,10H2,1-2H3,(H,22,23)(H2,20,21,24). The Bertz CT molecular complexity index is 586. The normalized spacial score (nSPS) is 15.2. The number of benzene rings is 1. The molecule has 0 bridgehead atoms. The number of amides is 3. The van der Waals surface area contributed by atoms with Crippen molar-refractivity contribution in [2.24, 2.45) is 11.8 Å². The van der Waals surface area contributed by atoms with Crippen molar-refractivity contribution >= 4 is 23.3 Å². The van der Waals surface area contributed by atoms with Crippen LogP contribution in [0.25, 0.3) is 0 Å². The van der Waals surface area contributed by atoms with Crippen LogP contribution >= 0.6 is 0 Å². The average Bonchev–Trinajstić information content (AvgIpc) is 2.57. The molecule has 1 fully saturated rings. The van der Waals surface area contributed by atoms with Gasteiger partial charge in [0.05, 0.1) is 5.69 Å². The van der Waals surface area contributed by atoms with E-state index in [-0.39, 0.29) is 23.5 Å². The first-order valence-corrected chi connectivity index (χ1v) is 8.31. The van der Waals surface area contributed by atoms with Crippen molar-refractivity contribution in [1.82, 2.24) is 10.6 Å². The number of halogens is 1. The highest BCUT2D eigenvalue weighted by molar-refractivity contribution is 5.94. The van der Waals surface area contributed by atoms with Crippen LogP contribution in [0.15, 0.2) is 18.2 Å². The van der Waals surface area contributed by atoms with Crippen molar-refractivity contribution < 1.29 is 14.0 Å². The zero-order valence-electron chi connectivity index (χ0n) is 14.1. The van der Waals surface area contributed by atoms with Crippen LogP contribution in [-0.2, 0) is 4.79 Å². The number of piperidine rings is 1. The highest BCUT2D eigenvalue weighted by Gasteiger charge is 2.15. The van der Waals surface area contributed by atoms with Crippen LogP contribution in [0.2, 0.25) is 0 Å². The van der Waals surface area contributed by atoms with Gasteiger partial charge in [0.15, 0.2) is 0 Å². The van der Waals surface area contributed by atoms with E-state index in [9.17, 15) is 14.0 Å². The Kier molecular flexibility index (Phi) is 6.54. The molecule has 7 heteroatoms. The topological polar surface area (TPSA) is 82.3 Å². The molecule has 3 amide bonds. The van der Waals surface area contributed by atoms with Crippen LogP contribution in [0.3, 0.4) is 0 Å². The maximum Gasteiger partial charge on any atom is 0.319 e. The lowest BCUT2D eigenvalue weighted by Crippen LogP contribution is -2.37. The second-order valence-electron chi connectivity index (χ2n) is 6.37. The third kappa shape index (κ3) is 5.49. The largest absolute Gasteiger partial charge is 0.338 e. The zero-order valence-corrected chi connectivity index (χ0v) is 14.1. The lowest BCUT2D eigenvalue weighted by atomic mass is 9.98. The molecule has 2 rings (SSSR count). The van der Waals surface area contributed by atoms with Crippen LogP contribution in [0.4, 0.5) is 20.6 Å². The Morgan fingerprint density at radius 2 is 1.96 bits per heavy atom. The second-order valence-corrected chi connectivity index (χ2v) is 6.37. The van der Waals surface area contributed by atoms with Gasteiger partial charge in [-0.05, 0) is 50.0 Å². The van der Waals surface area contributed by atoms with Gasteiger partial charge >= 0.3 is 6.03 Å². The molecule has 0 unspecified atom stereocenters. The lowest BCUT2D eigenvalue weighted by molar-refractivity contribution is -0.118. The predicted molar refractivity (Wildman–Crippen MR) is 92.5 cm³/mol. The van der Waals surface area contributed by atoms with Crippen molar-refractivity contribution in [2.75, 3.05) is 30.3 Å². The monoisotopic (exact) mass is 336 g/mol. The molecule has 0 saturated carbocycles. The summed E-state index contributed by atoms with van der Waals surface area (Å²) >= 11 is 0. The SMILES string of the molecule is CC(C)C(=O)Nc1cc(NC(=O)NCC2CCNCC2)ccc1F. The Hall–Kier alpha value is -2.15. The molecule has 0 aliphatic carbocycles. The van der Waals surface area contributed by atoms with E-state index in [2.05, 4.69) is 21.3 Å². The number of hydrogen-bond acceptors (Lipinski definition) is 3. The molecule has 1 aromatic carbocycles. The molecule has 0 spiro atoms. The fraction of sp³-hybridized carbons (Fsp3) is 0.529. The third-order valence-corrected chi connectivity index (χ3v) is 4.02. The fourth-order valence-electron chi connectivity index (χ4n) is 2.47. The van der Waals surface area contributed by atoms with Gasteiger partial charge in [-0.2, -0.15) is 0 Å². The highest BCUT2D eigenvalue weighted by atomic mass is 19.1. The van der Waals surface area contributed by atoms with Crippen LogP contribution in [-0.4, -0.2) is 31.6 Å². The minimum Gasteiger partial charge on any atom is -0.338 e. The van der Waals surface area contributed by atoms with E-state index < -0.39 is 5.82 Å². The molecule has 0 aromatic heterocycles. The third-order valence-electron chi connectivity index (χ3n) is 4.02. The van der Waals surface area contributed by atoms with Crippen LogP contribution in [0.1, 0.15) is 26.7 Å². The van der Waals surface area contributed by atoms with Gasteiger partial charge in [0.25, 0.3) is 0 Å². The van der Waals surface area contributed by atoms with Gasteiger partial charge in [-0.3, -0.25) is 4.79 Å². The maximum absolute atomic E-state index is 13.8. The van der Waals surface area contributed by atoms with Crippen molar-refractivity contribution in [3.8, 4) is 0 Å². The molecular formula is C17H25FN4O2. The first kappa shape index (κ1) is 18.2. The number of carbonyl (C=O) groups is 2. The molecule has 1 aliphatic heterocycles. The van der Waals surface area contributed by atoms with Gasteiger partial charge in [0, 0.05) is 18.2 Å². The van der Waals surface area contributed by atoms with Gasteiger partial charge in [-0.15, -0.1) is 0 Å². The van der Waals surface area contributed by atoms with Crippen LogP contribution in [0.5, 0.6) is 0 Å². The van der Waals surface area contributed by atoms with E-state index in [1.807, 2.05) is 0 Å². The summed E-state index contributed by atoms with van der Waals surface area (Å²) in [7, 11) is 0. The summed E-state index contributed by atoms with van der Waals surface area (Å²) in [6.45, 7) is 6.02. The minimum atomic E-state index is -0.537. The quantitative estimate of drug-likeness (QED) is 0.667. The summed E-state index contributed by atoms with van der Waals surface area (Å²) in [5.74, 6) is -0.591. The molecule has 6 nitrogen and oxygen atoms in total. The van der Waals surface area contributed by atoms with Crippen molar-refractivity contribution in [3.05, 3.63) is 24.0 Å². The van der Waals surface area contributed by atoms with E-state index in [1.54, 1.807) is 13.8 Å². The van der Waals surface area contributed by atoms with Crippen molar-refractivity contribution in [2.45, 2.75) is 26.7 Å². The number of hydrogen-bond donors (Lipinski definition) is 4. The molecule has 24 heavy (non-hydrogen) atoms. The Morgan fingerprint density at radius 1 is 1.25 bits per heavy atom. The van der Waals surface area contributed by atoms with Gasteiger partial charge in [0.1, 0.15) is 5.82 Å². The van der Waals surface area contributed by atoms with Crippen molar-refractivity contribution in [3.63, 3.8) is 0 Å². The van der Waals surface area contributed by atoms with Gasteiger partial charge in [-0.1, -0.05) is 13.8 Å². The van der Waals surface area contributed by atoms with E-state index in [4.69, 9.17) is 0 Å². The Morgan fingerprint density at radius 3 is 2.62 bits per heavy atom. The molecule has 0 radical (unpaired) electrons. The van der Waals surface area contributed by atoms with E-state index >= 15 is 0 Å². The van der Waals surface area contributed by atoms with Gasteiger partial charge in [-0.25, -0.2) is 9.18 Å². The molecule has 4 N–H and O–H groups in total. The number of carbonyl (C=O) groups excluding carboxylic acids is 2. The number of urea groups is 1. The summed E-state index contributed by atoms with van der Waals surface area (Å²) in [6, 6.07) is 3.77. The van der Waals surface area contributed by atoms with Gasteiger partial charge in [0.2, 0.25) is 5.91 Å². The zero-order chi connectivity index (χ0) is 17.5. The van der Waals surface area contributed by atoms with E-state index in [0.29, 0.717) is 18.2 Å². The summed E-state index contributed by atoms with van der Waals surface area (Å²) < 4.78 is 13.8. The summed E-state index contributed by atoms with van der Waals surface area (Å²) in [4.78, 5) is 23.7. The van der Waals surface area contributed by atoms with Crippen LogP contribution < -0.4 is 21.3 Å². The molecule has 1 aliphatic rings. The molecule has 1 heterocycles. The predicted octanol–water partition coefficient (Wildman–Crippen LogP) is 2.54. The minimum absolute atomic E-state index is 0.0601. The smallest absolute Gasteiger partial charge is 0.319 e. The summed E-state index contributed by atoms with van der Waals surface area (Å²) in [5.41, 5.74) is 0.489. The first-order chi connectivity index (χ1) is 11.5. The molecular weight excluding hydrogens is 311 g/mol. The number of nitrogens with one attached hydrogen (secondary N) is 4. The number of anilines is 2. The molecule has 1 saturated heterocycles. The molecule has 132 valence electrons. The van der Waals surface area contributed by atoms with Crippen molar-refractivity contribution in [1.29, 1.82) is 0 Å². The summed E-state index contributed by atoms with van der Waals surface area (Å²) in [5, 5.41) is 11.3. The fourth-order valence-corrected chi connectivity index (χ4v) is 2.47. The highest BCUT2D eigenvalue weighted by Crippen LogP contribution is 2.20. The molecule has 0 atom stereocenters. The van der Waals surface area contributed by atoms with Gasteiger partial charge < -0.3 is 21.3 Å². The molecule has 1 aromatic rings. The Labute approximate surface area is 141 Å². The Balaban J connectivity index is 1.89.